The zero-order chi connectivity index (χ0) is 17.9. The summed E-state index contributed by atoms with van der Waals surface area (Å²) in [5, 5.41) is 14.0. The molecule has 7 heteroatoms. The molecule has 0 fully saturated rings. The molecular formula is C18H25LiN2O4. The number of anilines is 2. The number of hydrogen-bond donors (Lipinski definition) is 2. The average Bonchev–Trinajstić information content (AvgIpc) is 2.75. The van der Waals surface area contributed by atoms with Crippen LogP contribution in [0.25, 0.3) is 0 Å². The van der Waals surface area contributed by atoms with Crippen molar-refractivity contribution in [3.63, 3.8) is 0 Å². The molecule has 25 heavy (non-hydrogen) atoms. The molecule has 1 heterocycles. The van der Waals surface area contributed by atoms with E-state index in [0.29, 0.717) is 18.5 Å². The maximum absolute atomic E-state index is 12.2. The van der Waals surface area contributed by atoms with E-state index < -0.39 is 11.6 Å². The summed E-state index contributed by atoms with van der Waals surface area (Å²) in [6, 6.07) is 5.45. The van der Waals surface area contributed by atoms with Crippen molar-refractivity contribution in [2.75, 3.05) is 11.1 Å². The van der Waals surface area contributed by atoms with E-state index in [2.05, 4.69) is 5.32 Å². The first-order valence-electron chi connectivity index (χ1n) is 8.24. The summed E-state index contributed by atoms with van der Waals surface area (Å²) >= 11 is 0. The predicted molar refractivity (Wildman–Crippen MR) is 90.3 cm³/mol. The number of fused-ring (bicyclic) bond motifs is 1. The van der Waals surface area contributed by atoms with Crippen molar-refractivity contribution in [1.29, 1.82) is 0 Å². The molecule has 2 unspecified atom stereocenters. The minimum Gasteiger partial charge on any atom is -0.550 e. The van der Waals surface area contributed by atoms with Gasteiger partial charge in [-0.1, -0.05) is 6.07 Å². The van der Waals surface area contributed by atoms with Gasteiger partial charge >= 0.3 is 24.8 Å². The number of nitrogen functional groups attached to an aromatic ring is 1. The monoisotopic (exact) mass is 340 g/mol. The molecule has 1 aliphatic rings. The number of carboxylic acid groups (broad SMARTS) is 1. The molecular weight excluding hydrogens is 315 g/mol. The van der Waals surface area contributed by atoms with Gasteiger partial charge in [-0.25, -0.2) is 0 Å². The number of nitrogens with one attached hydrogen (secondary N) is 1. The Kier molecular flexibility index (Phi) is 7.40. The van der Waals surface area contributed by atoms with Gasteiger partial charge in [0.2, 0.25) is 0 Å². The van der Waals surface area contributed by atoms with Crippen molar-refractivity contribution in [2.24, 2.45) is 0 Å². The number of esters is 1. The molecule has 2 rings (SSSR count). The molecule has 0 radical (unpaired) electrons. The largest absolute Gasteiger partial charge is 1.00 e. The standard InChI is InChI=1S/C18H26N2O4.Li/c1-18(2,3)24-16(23)10-14-11(6-4-9-15(21)22)17-12(19)7-5-8-13(17)20-14;/h5,7-8,11,14,20H,4,6,9-10,19H2,1-3H3,(H,21,22);/q;+1/p-1. The van der Waals surface area contributed by atoms with E-state index in [1.807, 2.05) is 39.0 Å². The maximum Gasteiger partial charge on any atom is 1.00 e. The summed E-state index contributed by atoms with van der Waals surface area (Å²) in [5.74, 6) is -1.37. The van der Waals surface area contributed by atoms with Gasteiger partial charge in [0.25, 0.3) is 0 Å². The zero-order valence-electron chi connectivity index (χ0n) is 15.4. The fraction of sp³-hybridized carbons (Fsp3) is 0.556. The number of carbonyl (C=O) groups is 2. The summed E-state index contributed by atoms with van der Waals surface area (Å²) < 4.78 is 5.41. The van der Waals surface area contributed by atoms with Crippen molar-refractivity contribution < 1.29 is 38.3 Å². The second-order valence-electron chi connectivity index (χ2n) is 7.22. The molecule has 0 saturated heterocycles. The van der Waals surface area contributed by atoms with Crippen LogP contribution >= 0.6 is 0 Å². The van der Waals surface area contributed by atoms with E-state index >= 15 is 0 Å². The molecule has 1 aromatic rings. The number of nitrogens with two attached hydrogens (primary N) is 1. The van der Waals surface area contributed by atoms with Gasteiger partial charge in [-0.15, -0.1) is 0 Å². The van der Waals surface area contributed by atoms with Gasteiger partial charge in [0.15, 0.2) is 0 Å². The third kappa shape index (κ3) is 5.98. The molecule has 0 aromatic heterocycles. The number of ether oxygens (including phenoxy) is 1. The first-order chi connectivity index (χ1) is 11.2. The Morgan fingerprint density at radius 1 is 1.32 bits per heavy atom. The first-order valence-corrected chi connectivity index (χ1v) is 8.24. The fourth-order valence-corrected chi connectivity index (χ4v) is 3.19. The average molecular weight is 340 g/mol. The van der Waals surface area contributed by atoms with Gasteiger partial charge in [-0.2, -0.15) is 0 Å². The molecule has 1 aromatic carbocycles. The Balaban J connectivity index is 0.00000312. The van der Waals surface area contributed by atoms with Crippen LogP contribution in [-0.2, 0) is 14.3 Å². The Labute approximate surface area is 160 Å². The zero-order valence-corrected chi connectivity index (χ0v) is 15.4. The summed E-state index contributed by atoms with van der Waals surface area (Å²) in [7, 11) is 0. The smallest absolute Gasteiger partial charge is 0.550 e. The summed E-state index contributed by atoms with van der Waals surface area (Å²) in [5.41, 5.74) is 8.09. The van der Waals surface area contributed by atoms with E-state index in [1.54, 1.807) is 0 Å². The van der Waals surface area contributed by atoms with Crippen LogP contribution in [0, 0.1) is 0 Å². The first kappa shape index (κ1) is 21.4. The number of rotatable bonds is 6. The van der Waals surface area contributed by atoms with Crippen molar-refractivity contribution in [2.45, 2.75) is 64.0 Å². The Bertz CT molecular complexity index is 628. The Morgan fingerprint density at radius 3 is 2.60 bits per heavy atom. The molecule has 1 aliphatic heterocycles. The number of carboxylic acids is 1. The normalized spacial score (nSPS) is 18.7. The minimum atomic E-state index is -1.06. The van der Waals surface area contributed by atoms with E-state index in [0.717, 1.165) is 11.3 Å². The topological polar surface area (TPSA) is 104 Å². The van der Waals surface area contributed by atoms with Crippen molar-refractivity contribution in [3.05, 3.63) is 23.8 Å². The van der Waals surface area contributed by atoms with Crippen LogP contribution in [0.2, 0.25) is 0 Å². The molecule has 0 saturated carbocycles. The van der Waals surface area contributed by atoms with Crippen LogP contribution in [0.1, 0.15) is 57.9 Å². The number of benzene rings is 1. The van der Waals surface area contributed by atoms with Crippen LogP contribution in [0.15, 0.2) is 18.2 Å². The van der Waals surface area contributed by atoms with Crippen LogP contribution < -0.4 is 35.0 Å². The van der Waals surface area contributed by atoms with E-state index in [-0.39, 0.29) is 49.6 Å². The number of aliphatic carboxylic acids is 1. The van der Waals surface area contributed by atoms with Crippen molar-refractivity contribution in [1.82, 2.24) is 0 Å². The molecule has 0 spiro atoms. The van der Waals surface area contributed by atoms with Gasteiger partial charge in [-0.3, -0.25) is 4.79 Å². The van der Waals surface area contributed by atoms with Gasteiger partial charge in [0.1, 0.15) is 5.60 Å². The van der Waals surface area contributed by atoms with Crippen LogP contribution in [-0.4, -0.2) is 23.6 Å². The molecule has 0 bridgehead atoms. The fourth-order valence-electron chi connectivity index (χ4n) is 3.19. The quantitative estimate of drug-likeness (QED) is 0.383. The van der Waals surface area contributed by atoms with Crippen molar-refractivity contribution >= 4 is 23.3 Å². The summed E-state index contributed by atoms with van der Waals surface area (Å²) in [6.07, 6.45) is 1.31. The maximum atomic E-state index is 12.2. The Hall–Kier alpha value is -1.64. The summed E-state index contributed by atoms with van der Waals surface area (Å²) in [6.45, 7) is 5.49. The molecule has 0 amide bonds. The third-order valence-electron chi connectivity index (χ3n) is 4.04. The predicted octanol–water partition coefficient (Wildman–Crippen LogP) is -1.20. The van der Waals surface area contributed by atoms with Crippen LogP contribution in [0.4, 0.5) is 11.4 Å². The van der Waals surface area contributed by atoms with Crippen molar-refractivity contribution in [3.8, 4) is 0 Å². The Morgan fingerprint density at radius 2 is 2.00 bits per heavy atom. The van der Waals surface area contributed by atoms with Gasteiger partial charge in [-0.05, 0) is 52.2 Å². The minimum absolute atomic E-state index is 0. The second-order valence-corrected chi connectivity index (χ2v) is 7.22. The van der Waals surface area contributed by atoms with E-state index in [9.17, 15) is 14.7 Å². The summed E-state index contributed by atoms with van der Waals surface area (Å²) in [4.78, 5) is 22.9. The van der Waals surface area contributed by atoms with Crippen LogP contribution in [0.5, 0.6) is 0 Å². The second kappa shape index (κ2) is 8.64. The SMILES string of the molecule is CC(C)(C)OC(=O)CC1Nc2cccc(N)c2C1CCCC(=O)[O-].[Li+]. The van der Waals surface area contributed by atoms with E-state index in [4.69, 9.17) is 10.5 Å². The molecule has 0 aliphatic carbocycles. The number of carbonyl (C=O) groups excluding carboxylic acids is 2. The van der Waals surface area contributed by atoms with Gasteiger partial charge < -0.3 is 25.7 Å². The third-order valence-corrected chi connectivity index (χ3v) is 4.04. The molecule has 3 N–H and O–H groups in total. The van der Waals surface area contributed by atoms with E-state index in [1.165, 1.54) is 0 Å². The van der Waals surface area contributed by atoms with Crippen LogP contribution in [0.3, 0.4) is 0 Å². The molecule has 6 nitrogen and oxygen atoms in total. The molecule has 2 atom stereocenters. The number of hydrogen-bond acceptors (Lipinski definition) is 6. The van der Waals surface area contributed by atoms with Gasteiger partial charge in [0, 0.05) is 34.9 Å². The molecule has 132 valence electrons. The van der Waals surface area contributed by atoms with Gasteiger partial charge in [0.05, 0.1) is 6.42 Å².